The lowest BCUT2D eigenvalue weighted by Crippen LogP contribution is -2.31. The van der Waals surface area contributed by atoms with Gasteiger partial charge in [0.2, 0.25) is 0 Å². The predicted octanol–water partition coefficient (Wildman–Crippen LogP) is 8.41. The Hall–Kier alpha value is -2.95. The van der Waals surface area contributed by atoms with Gasteiger partial charge in [0.05, 0.1) is 5.56 Å². The van der Waals surface area contributed by atoms with E-state index in [0.717, 1.165) is 50.2 Å². The summed E-state index contributed by atoms with van der Waals surface area (Å²) in [6.07, 6.45) is 14.6. The lowest BCUT2D eigenvalue weighted by Gasteiger charge is -2.42. The summed E-state index contributed by atoms with van der Waals surface area (Å²) in [5, 5.41) is 0. The maximum absolute atomic E-state index is 15.1. The molecule has 192 valence electrons. The van der Waals surface area contributed by atoms with Crippen LogP contribution in [0.25, 0.3) is 0 Å². The molecule has 4 unspecified atom stereocenters. The van der Waals surface area contributed by atoms with Gasteiger partial charge in [-0.2, -0.15) is 0 Å². The summed E-state index contributed by atoms with van der Waals surface area (Å²) in [6.45, 7) is 6.02. The van der Waals surface area contributed by atoms with Gasteiger partial charge in [0, 0.05) is 5.56 Å². The largest absolute Gasteiger partial charge is 0.490 e. The van der Waals surface area contributed by atoms with Crippen molar-refractivity contribution in [1.29, 1.82) is 0 Å². The molecule has 0 aromatic heterocycles. The molecule has 2 aromatic carbocycles. The summed E-state index contributed by atoms with van der Waals surface area (Å²) >= 11 is 0. The number of carbonyl (C=O) groups excluding carboxylic acids is 1. The molecule has 2 aliphatic carbocycles. The zero-order valence-corrected chi connectivity index (χ0v) is 21.1. The summed E-state index contributed by atoms with van der Waals surface area (Å²) < 4.78 is 41.0. The number of carbonyl (C=O) groups is 1. The van der Waals surface area contributed by atoms with Crippen molar-refractivity contribution in [3.05, 3.63) is 84.0 Å². The van der Waals surface area contributed by atoms with Gasteiger partial charge >= 0.3 is 5.97 Å². The molecular formula is C31H36F2O3. The average molecular weight is 495 g/mol. The Bertz CT molecular complexity index is 1050. The van der Waals surface area contributed by atoms with Crippen LogP contribution in [0.5, 0.6) is 11.5 Å². The lowest BCUT2D eigenvalue weighted by molar-refractivity contribution is 0.0733. The minimum absolute atomic E-state index is 0.129. The quantitative estimate of drug-likeness (QED) is 0.199. The summed E-state index contributed by atoms with van der Waals surface area (Å²) in [5.74, 6) is 0.607. The minimum Gasteiger partial charge on any atom is -0.490 e. The van der Waals surface area contributed by atoms with Gasteiger partial charge in [-0.1, -0.05) is 31.2 Å². The molecule has 36 heavy (non-hydrogen) atoms. The highest BCUT2D eigenvalue weighted by molar-refractivity contribution is 5.91. The van der Waals surface area contributed by atoms with Crippen molar-refractivity contribution in [2.75, 3.05) is 6.61 Å². The smallest absolute Gasteiger partial charge is 0.343 e. The molecule has 4 rings (SSSR count). The molecule has 0 spiro atoms. The lowest BCUT2D eigenvalue weighted by atomic mass is 9.63. The van der Waals surface area contributed by atoms with Crippen LogP contribution < -0.4 is 9.47 Å². The van der Waals surface area contributed by atoms with Crippen LogP contribution in [0.2, 0.25) is 0 Å². The van der Waals surface area contributed by atoms with Crippen molar-refractivity contribution in [3.8, 4) is 11.5 Å². The standard InChI is InChI=1S/C31H36F2O3/c1-3-5-6-7-21-8-9-23-18-24(11-10-22(23)17-21)30-28(32)19-25(20-29(30)33)31(34)36-27-14-12-26(13-15-27)35-16-4-2/h3-5,12-15,19-24H,2,6-11,16-18H2,1H3/b5-3+. The normalized spacial score (nSPS) is 23.8. The summed E-state index contributed by atoms with van der Waals surface area (Å²) in [4.78, 5) is 12.6. The maximum atomic E-state index is 15.1. The van der Waals surface area contributed by atoms with Crippen molar-refractivity contribution in [2.45, 2.75) is 64.2 Å². The molecule has 0 bridgehead atoms. The van der Waals surface area contributed by atoms with E-state index in [1.807, 2.05) is 0 Å². The second kappa shape index (κ2) is 12.3. The van der Waals surface area contributed by atoms with Gasteiger partial charge in [-0.3, -0.25) is 0 Å². The summed E-state index contributed by atoms with van der Waals surface area (Å²) in [7, 11) is 0. The molecule has 3 nitrogen and oxygen atoms in total. The first-order chi connectivity index (χ1) is 17.5. The second-order valence-electron chi connectivity index (χ2n) is 10.2. The van der Waals surface area contributed by atoms with Crippen LogP contribution >= 0.6 is 0 Å². The van der Waals surface area contributed by atoms with E-state index in [-0.39, 0.29) is 22.8 Å². The van der Waals surface area contributed by atoms with Crippen LogP contribution in [0.1, 0.15) is 80.1 Å². The Morgan fingerprint density at radius 2 is 1.67 bits per heavy atom. The van der Waals surface area contributed by atoms with Crippen LogP contribution in [0.15, 0.2) is 61.2 Å². The number of rotatable bonds is 9. The summed E-state index contributed by atoms with van der Waals surface area (Å²) in [6, 6.07) is 8.69. The Morgan fingerprint density at radius 1 is 1.00 bits per heavy atom. The number of esters is 1. The first-order valence-electron chi connectivity index (χ1n) is 13.1. The second-order valence-corrected chi connectivity index (χ2v) is 10.2. The van der Waals surface area contributed by atoms with Crippen LogP contribution in [0.3, 0.4) is 0 Å². The number of hydrogen-bond donors (Lipinski definition) is 0. The van der Waals surface area contributed by atoms with Crippen LogP contribution in [-0.2, 0) is 0 Å². The number of benzene rings is 2. The number of allylic oxidation sites excluding steroid dienone is 2. The predicted molar refractivity (Wildman–Crippen MR) is 138 cm³/mol. The van der Waals surface area contributed by atoms with Gasteiger partial charge < -0.3 is 9.47 Å². The van der Waals surface area contributed by atoms with Gasteiger partial charge in [0.1, 0.15) is 29.7 Å². The molecule has 0 N–H and O–H groups in total. The van der Waals surface area contributed by atoms with Gasteiger partial charge in [-0.05, 0) is 112 Å². The number of ether oxygens (including phenoxy) is 2. The van der Waals surface area contributed by atoms with E-state index in [2.05, 4.69) is 25.7 Å². The van der Waals surface area contributed by atoms with Crippen molar-refractivity contribution in [1.82, 2.24) is 0 Å². The van der Waals surface area contributed by atoms with Crippen molar-refractivity contribution in [3.63, 3.8) is 0 Å². The number of halogens is 2. The SMILES string of the molecule is C=CCOc1ccc(OC(=O)c2cc(F)c(C3CCC4CC(CC/C=C/C)CCC4C3)c(F)c2)cc1. The van der Waals surface area contributed by atoms with E-state index in [1.165, 1.54) is 19.3 Å². The highest BCUT2D eigenvalue weighted by atomic mass is 19.1. The molecule has 4 atom stereocenters. The Morgan fingerprint density at radius 3 is 2.36 bits per heavy atom. The molecule has 2 saturated carbocycles. The van der Waals surface area contributed by atoms with E-state index in [0.29, 0.717) is 24.2 Å². The van der Waals surface area contributed by atoms with Crippen molar-refractivity contribution < 1.29 is 23.0 Å². The molecular weight excluding hydrogens is 458 g/mol. The van der Waals surface area contributed by atoms with Crippen molar-refractivity contribution >= 4 is 5.97 Å². The first kappa shape index (κ1) is 26.1. The Kier molecular flexibility index (Phi) is 8.95. The summed E-state index contributed by atoms with van der Waals surface area (Å²) in [5.41, 5.74) is -0.0000150. The molecule has 0 aliphatic heterocycles. The topological polar surface area (TPSA) is 35.5 Å². The Labute approximate surface area is 213 Å². The molecule has 0 saturated heterocycles. The maximum Gasteiger partial charge on any atom is 0.343 e. The molecule has 2 fully saturated rings. The van der Waals surface area contributed by atoms with Crippen LogP contribution in [-0.4, -0.2) is 12.6 Å². The fraction of sp³-hybridized carbons (Fsp3) is 0.452. The third kappa shape index (κ3) is 6.43. The van der Waals surface area contributed by atoms with Gasteiger partial charge in [-0.15, -0.1) is 0 Å². The average Bonchev–Trinajstić information content (AvgIpc) is 2.88. The minimum atomic E-state index is -0.793. The van der Waals surface area contributed by atoms with E-state index >= 15 is 8.78 Å². The zero-order valence-electron chi connectivity index (χ0n) is 21.1. The third-order valence-electron chi connectivity index (χ3n) is 7.82. The fourth-order valence-electron chi connectivity index (χ4n) is 6.03. The molecule has 2 aliphatic rings. The first-order valence-corrected chi connectivity index (χ1v) is 13.1. The highest BCUT2D eigenvalue weighted by Gasteiger charge is 2.37. The molecule has 5 heteroatoms. The van der Waals surface area contributed by atoms with E-state index in [4.69, 9.17) is 9.47 Å². The zero-order chi connectivity index (χ0) is 25.5. The number of hydrogen-bond acceptors (Lipinski definition) is 3. The molecule has 0 heterocycles. The van der Waals surface area contributed by atoms with Gasteiger partial charge in [0.25, 0.3) is 0 Å². The third-order valence-corrected chi connectivity index (χ3v) is 7.82. The Balaban J connectivity index is 1.37. The fourth-order valence-corrected chi connectivity index (χ4v) is 6.03. The molecule has 0 radical (unpaired) electrons. The van der Waals surface area contributed by atoms with E-state index in [1.54, 1.807) is 30.3 Å². The highest BCUT2D eigenvalue weighted by Crippen LogP contribution is 2.49. The van der Waals surface area contributed by atoms with E-state index < -0.39 is 17.6 Å². The van der Waals surface area contributed by atoms with Gasteiger partial charge in [-0.25, -0.2) is 13.6 Å². The van der Waals surface area contributed by atoms with Crippen LogP contribution in [0.4, 0.5) is 8.78 Å². The van der Waals surface area contributed by atoms with Crippen LogP contribution in [0, 0.1) is 29.4 Å². The monoisotopic (exact) mass is 494 g/mol. The molecule has 2 aromatic rings. The van der Waals surface area contributed by atoms with E-state index in [9.17, 15) is 4.79 Å². The molecule has 0 amide bonds. The van der Waals surface area contributed by atoms with Crippen molar-refractivity contribution in [2.24, 2.45) is 17.8 Å². The van der Waals surface area contributed by atoms with Gasteiger partial charge in [0.15, 0.2) is 0 Å². The number of fused-ring (bicyclic) bond motifs is 1.